The topological polar surface area (TPSA) is 0 Å². The number of allylic oxidation sites excluding steroid dienone is 5. The number of hydrogen-bond acceptors (Lipinski definition) is 0. The summed E-state index contributed by atoms with van der Waals surface area (Å²) in [4.78, 5) is 0. The van der Waals surface area contributed by atoms with E-state index < -0.39 is 0 Å². The van der Waals surface area contributed by atoms with Crippen LogP contribution < -0.4 is 0 Å². The Hall–Kier alpha value is -3.38. The summed E-state index contributed by atoms with van der Waals surface area (Å²) in [5.74, 6) is 0. The Morgan fingerprint density at radius 1 is 0.577 bits per heavy atom. The molecule has 4 aromatic rings. The summed E-state index contributed by atoms with van der Waals surface area (Å²) >= 11 is 0. The summed E-state index contributed by atoms with van der Waals surface area (Å²) < 4.78 is 0. The van der Waals surface area contributed by atoms with Crippen LogP contribution in [0, 0.1) is 6.08 Å². The number of fused-ring (bicyclic) bond motifs is 2. The number of benzene rings is 4. The van der Waals surface area contributed by atoms with Crippen molar-refractivity contribution < 1.29 is 0 Å². The highest BCUT2D eigenvalue weighted by atomic mass is 14.2. The fourth-order valence-electron chi connectivity index (χ4n) is 3.65. The van der Waals surface area contributed by atoms with Gasteiger partial charge in [0.25, 0.3) is 0 Å². The minimum absolute atomic E-state index is 1.13. The zero-order chi connectivity index (χ0) is 17.3. The highest BCUT2D eigenvalue weighted by Crippen LogP contribution is 2.33. The van der Waals surface area contributed by atoms with Crippen molar-refractivity contribution in [2.75, 3.05) is 0 Å². The third kappa shape index (κ3) is 2.57. The van der Waals surface area contributed by atoms with E-state index in [9.17, 15) is 0 Å². The lowest BCUT2D eigenvalue weighted by Crippen LogP contribution is -1.92. The summed E-state index contributed by atoms with van der Waals surface area (Å²) in [6, 6.07) is 30.4. The molecule has 0 bridgehead atoms. The Morgan fingerprint density at radius 3 is 1.62 bits per heavy atom. The predicted octanol–water partition coefficient (Wildman–Crippen LogP) is 6.72. The van der Waals surface area contributed by atoms with Crippen LogP contribution >= 0.6 is 0 Å². The average Bonchev–Trinajstić information content (AvgIpc) is 3.22. The van der Waals surface area contributed by atoms with E-state index in [4.69, 9.17) is 0 Å². The first-order chi connectivity index (χ1) is 12.9. The van der Waals surface area contributed by atoms with Crippen molar-refractivity contribution in [3.63, 3.8) is 0 Å². The minimum atomic E-state index is 1.13. The van der Waals surface area contributed by atoms with E-state index in [1.54, 1.807) is 0 Å². The lowest BCUT2D eigenvalue weighted by Gasteiger charge is -2.13. The van der Waals surface area contributed by atoms with Crippen molar-refractivity contribution in [1.29, 1.82) is 0 Å². The molecule has 0 aliphatic heterocycles. The van der Waals surface area contributed by atoms with Crippen molar-refractivity contribution in [3.05, 3.63) is 126 Å². The molecular formula is C26H17. The molecule has 5 rings (SSSR count). The van der Waals surface area contributed by atoms with Gasteiger partial charge in [0.05, 0.1) is 0 Å². The molecule has 0 fully saturated rings. The Balaban J connectivity index is 1.76. The smallest absolute Gasteiger partial charge is 0.00322 e. The maximum atomic E-state index is 3.39. The molecular weight excluding hydrogens is 312 g/mol. The van der Waals surface area contributed by atoms with Crippen LogP contribution in [0.5, 0.6) is 0 Å². The fourth-order valence-corrected chi connectivity index (χ4v) is 3.65. The van der Waals surface area contributed by atoms with Gasteiger partial charge in [0.2, 0.25) is 0 Å². The highest BCUT2D eigenvalue weighted by molar-refractivity contribution is 5.94. The van der Waals surface area contributed by atoms with Gasteiger partial charge in [-0.3, -0.25) is 0 Å². The molecule has 1 radical (unpaired) electrons. The molecule has 0 unspecified atom stereocenters. The van der Waals surface area contributed by atoms with E-state index in [0.29, 0.717) is 0 Å². The predicted molar refractivity (Wildman–Crippen MR) is 111 cm³/mol. The Bertz CT molecular complexity index is 1120. The molecule has 1 aliphatic rings. The van der Waals surface area contributed by atoms with Crippen molar-refractivity contribution in [1.82, 2.24) is 0 Å². The Kier molecular flexibility index (Phi) is 3.54. The normalized spacial score (nSPS) is 13.0. The summed E-state index contributed by atoms with van der Waals surface area (Å²) in [6.07, 6.45) is 9.57. The Labute approximate surface area is 153 Å². The van der Waals surface area contributed by atoms with Gasteiger partial charge < -0.3 is 0 Å². The van der Waals surface area contributed by atoms with Crippen molar-refractivity contribution in [2.45, 2.75) is 0 Å². The number of rotatable bonds is 2. The van der Waals surface area contributed by atoms with Crippen LogP contribution in [-0.4, -0.2) is 0 Å². The van der Waals surface area contributed by atoms with Crippen LogP contribution in [0.3, 0.4) is 0 Å². The maximum absolute atomic E-state index is 3.39. The van der Waals surface area contributed by atoms with Gasteiger partial charge in [0.1, 0.15) is 0 Å². The monoisotopic (exact) mass is 329 g/mol. The van der Waals surface area contributed by atoms with Crippen LogP contribution in [0.1, 0.15) is 11.1 Å². The molecule has 0 spiro atoms. The van der Waals surface area contributed by atoms with E-state index in [-0.39, 0.29) is 0 Å². The third-order valence-corrected chi connectivity index (χ3v) is 4.94. The van der Waals surface area contributed by atoms with Gasteiger partial charge in [-0.05, 0) is 62.0 Å². The van der Waals surface area contributed by atoms with Gasteiger partial charge in [0, 0.05) is 0 Å². The van der Waals surface area contributed by atoms with Crippen molar-refractivity contribution in [2.24, 2.45) is 0 Å². The molecule has 0 heterocycles. The first-order valence-electron chi connectivity index (χ1n) is 8.87. The van der Waals surface area contributed by atoms with E-state index in [1.807, 2.05) is 6.08 Å². The lowest BCUT2D eigenvalue weighted by molar-refractivity contribution is 1.55. The Morgan fingerprint density at radius 2 is 1.12 bits per heavy atom. The standard InChI is InChI=1S/C26H17/c1-5-11-22-17-24(15-13-19(22)7-1)26(21-9-3-4-10-21)25-16-14-20-8-2-6-12-23(20)18-25/h1-9,11-18H. The SMILES string of the molecule is [C]1=CC=CC1=C(c1ccc2ccccc2c1)c1ccc2ccccc2c1. The highest BCUT2D eigenvalue weighted by Gasteiger charge is 2.12. The first-order valence-corrected chi connectivity index (χ1v) is 8.87. The lowest BCUT2D eigenvalue weighted by atomic mass is 9.90. The van der Waals surface area contributed by atoms with Crippen LogP contribution in [0.4, 0.5) is 0 Å². The second-order valence-electron chi connectivity index (χ2n) is 6.58. The van der Waals surface area contributed by atoms with Crippen LogP contribution in [0.2, 0.25) is 0 Å². The minimum Gasteiger partial charge on any atom is -0.0616 e. The molecule has 0 amide bonds. The summed E-state index contributed by atoms with van der Waals surface area (Å²) in [6.45, 7) is 0. The van der Waals surface area contributed by atoms with E-state index in [0.717, 1.165) is 5.57 Å². The summed E-state index contributed by atoms with van der Waals surface area (Å²) in [5.41, 5.74) is 4.81. The van der Waals surface area contributed by atoms with E-state index in [2.05, 4.69) is 103 Å². The van der Waals surface area contributed by atoms with E-state index >= 15 is 0 Å². The molecule has 0 nitrogen and oxygen atoms in total. The molecule has 0 aromatic heterocycles. The molecule has 0 saturated heterocycles. The van der Waals surface area contributed by atoms with Gasteiger partial charge in [-0.1, -0.05) is 91.0 Å². The summed E-state index contributed by atoms with van der Waals surface area (Å²) in [5, 5.41) is 5.05. The van der Waals surface area contributed by atoms with E-state index in [1.165, 1.54) is 38.2 Å². The van der Waals surface area contributed by atoms with Crippen molar-refractivity contribution >= 4 is 27.1 Å². The van der Waals surface area contributed by atoms with Gasteiger partial charge in [-0.25, -0.2) is 0 Å². The first kappa shape index (κ1) is 14.9. The molecule has 0 heteroatoms. The zero-order valence-electron chi connectivity index (χ0n) is 14.3. The van der Waals surface area contributed by atoms with Crippen LogP contribution in [0.15, 0.2) is 109 Å². The average molecular weight is 329 g/mol. The van der Waals surface area contributed by atoms with Gasteiger partial charge >= 0.3 is 0 Å². The van der Waals surface area contributed by atoms with Gasteiger partial charge in [-0.2, -0.15) is 0 Å². The second-order valence-corrected chi connectivity index (χ2v) is 6.58. The van der Waals surface area contributed by atoms with Crippen molar-refractivity contribution in [3.8, 4) is 0 Å². The largest absolute Gasteiger partial charge is 0.0616 e. The second kappa shape index (κ2) is 6.16. The van der Waals surface area contributed by atoms with Crippen LogP contribution in [-0.2, 0) is 0 Å². The maximum Gasteiger partial charge on any atom is -0.00322 e. The molecule has 121 valence electrons. The molecule has 0 saturated carbocycles. The quantitative estimate of drug-likeness (QED) is 0.383. The summed E-state index contributed by atoms with van der Waals surface area (Å²) in [7, 11) is 0. The van der Waals surface area contributed by atoms with Crippen LogP contribution in [0.25, 0.3) is 27.1 Å². The molecule has 0 N–H and O–H groups in total. The van der Waals surface area contributed by atoms with Gasteiger partial charge in [0.15, 0.2) is 0 Å². The molecule has 4 aromatic carbocycles. The molecule has 26 heavy (non-hydrogen) atoms. The number of hydrogen-bond donors (Lipinski definition) is 0. The third-order valence-electron chi connectivity index (χ3n) is 4.94. The molecule has 1 aliphatic carbocycles. The molecule has 0 atom stereocenters. The fraction of sp³-hybridized carbons (Fsp3) is 0. The van der Waals surface area contributed by atoms with Gasteiger partial charge in [-0.15, -0.1) is 0 Å². The zero-order valence-corrected chi connectivity index (χ0v) is 14.3.